The summed E-state index contributed by atoms with van der Waals surface area (Å²) in [6.07, 6.45) is 0.852. The van der Waals surface area contributed by atoms with Crippen LogP contribution in [0.5, 0.6) is 0 Å². The minimum Gasteiger partial charge on any atom is -0.481 e. The smallest absolute Gasteiger partial charge is 0.326 e. The van der Waals surface area contributed by atoms with Crippen molar-refractivity contribution in [1.82, 2.24) is 16.0 Å². The number of hydrogen-bond acceptors (Lipinski definition) is 7. The van der Waals surface area contributed by atoms with E-state index < -0.39 is 60.2 Å². The van der Waals surface area contributed by atoms with Gasteiger partial charge in [0.25, 0.3) is 0 Å². The lowest BCUT2D eigenvalue weighted by molar-refractivity contribution is -0.142. The summed E-state index contributed by atoms with van der Waals surface area (Å²) >= 11 is 0. The maximum absolute atomic E-state index is 12.7. The molecule has 3 amide bonds. The van der Waals surface area contributed by atoms with Crippen LogP contribution in [0.2, 0.25) is 0 Å². The number of benzene rings is 1. The van der Waals surface area contributed by atoms with Crippen LogP contribution in [0.15, 0.2) is 30.3 Å². The van der Waals surface area contributed by atoms with Crippen LogP contribution in [0.3, 0.4) is 0 Å². The number of carbonyl (C=O) groups excluding carboxylic acids is 3. The normalized spacial score (nSPS) is 14.1. The number of carboxylic acids is 2. The van der Waals surface area contributed by atoms with Gasteiger partial charge in [0.15, 0.2) is 0 Å². The maximum Gasteiger partial charge on any atom is 0.326 e. The monoisotopic (exact) mass is 493 g/mol. The van der Waals surface area contributed by atoms with E-state index in [0.717, 1.165) is 5.56 Å². The first kappa shape index (κ1) is 29.5. The third-order valence-corrected chi connectivity index (χ3v) is 5.23. The van der Waals surface area contributed by atoms with Gasteiger partial charge in [-0.15, -0.1) is 0 Å². The van der Waals surface area contributed by atoms with Crippen molar-refractivity contribution in [3.05, 3.63) is 35.9 Å². The molecule has 12 nitrogen and oxygen atoms in total. The van der Waals surface area contributed by atoms with E-state index >= 15 is 0 Å². The fourth-order valence-corrected chi connectivity index (χ4v) is 3.20. The zero-order chi connectivity index (χ0) is 26.4. The molecule has 1 rings (SSSR count). The van der Waals surface area contributed by atoms with Gasteiger partial charge in [-0.2, -0.15) is 0 Å². The predicted molar refractivity (Wildman–Crippen MR) is 127 cm³/mol. The number of carbonyl (C=O) groups is 5. The fourth-order valence-electron chi connectivity index (χ4n) is 3.20. The van der Waals surface area contributed by atoms with E-state index in [1.165, 1.54) is 6.92 Å². The molecule has 0 spiro atoms. The number of aliphatic carboxylic acids is 2. The summed E-state index contributed by atoms with van der Waals surface area (Å²) in [6.45, 7) is 1.74. The lowest BCUT2D eigenvalue weighted by Gasteiger charge is -2.23. The number of unbranched alkanes of at least 4 members (excludes halogenated alkanes) is 1. The first-order valence-corrected chi connectivity index (χ1v) is 11.4. The number of nitrogens with one attached hydrogen (secondary N) is 3. The number of amides is 3. The van der Waals surface area contributed by atoms with Crippen molar-refractivity contribution < 1.29 is 34.2 Å². The molecule has 1 aromatic carbocycles. The van der Waals surface area contributed by atoms with Crippen LogP contribution < -0.4 is 27.4 Å². The van der Waals surface area contributed by atoms with E-state index in [0.29, 0.717) is 19.4 Å². The molecule has 0 radical (unpaired) electrons. The second kappa shape index (κ2) is 15.4. The van der Waals surface area contributed by atoms with Gasteiger partial charge >= 0.3 is 11.9 Å². The van der Waals surface area contributed by atoms with Gasteiger partial charge in [0.1, 0.15) is 18.1 Å². The molecule has 0 saturated carbocycles. The first-order chi connectivity index (χ1) is 16.5. The van der Waals surface area contributed by atoms with E-state index in [-0.39, 0.29) is 19.3 Å². The van der Waals surface area contributed by atoms with E-state index in [2.05, 4.69) is 16.0 Å². The van der Waals surface area contributed by atoms with Crippen molar-refractivity contribution >= 4 is 29.7 Å². The molecule has 1 aromatic rings. The van der Waals surface area contributed by atoms with Gasteiger partial charge in [0.2, 0.25) is 17.7 Å². The molecular weight excluding hydrogens is 458 g/mol. The average Bonchev–Trinajstić information content (AvgIpc) is 2.81. The molecule has 0 aliphatic rings. The molecular formula is C23H35N5O7. The number of rotatable bonds is 16. The molecule has 0 aliphatic carbocycles. The highest BCUT2D eigenvalue weighted by Gasteiger charge is 2.28. The zero-order valence-corrected chi connectivity index (χ0v) is 19.7. The first-order valence-electron chi connectivity index (χ1n) is 11.4. The highest BCUT2D eigenvalue weighted by atomic mass is 16.4. The summed E-state index contributed by atoms with van der Waals surface area (Å²) in [7, 11) is 0. The molecule has 4 unspecified atom stereocenters. The van der Waals surface area contributed by atoms with Crippen LogP contribution in [0, 0.1) is 0 Å². The Kier molecular flexibility index (Phi) is 13.0. The van der Waals surface area contributed by atoms with E-state index in [4.69, 9.17) is 16.6 Å². The summed E-state index contributed by atoms with van der Waals surface area (Å²) in [6, 6.07) is 4.47. The summed E-state index contributed by atoms with van der Waals surface area (Å²) in [5.41, 5.74) is 12.2. The molecule has 0 fully saturated rings. The average molecular weight is 494 g/mol. The van der Waals surface area contributed by atoms with Crippen molar-refractivity contribution in [3.8, 4) is 0 Å². The SMILES string of the molecule is CC(NC(=O)C(CCC(=O)O)NC(=O)C(N)Cc1ccccc1)C(=O)NC(CCCCN)C(=O)O. The Balaban J connectivity index is 2.76. The molecule has 12 heteroatoms. The zero-order valence-electron chi connectivity index (χ0n) is 19.7. The Bertz CT molecular complexity index is 865. The van der Waals surface area contributed by atoms with Crippen LogP contribution in [-0.2, 0) is 30.4 Å². The molecule has 0 saturated heterocycles. The highest BCUT2D eigenvalue weighted by molar-refractivity contribution is 5.94. The van der Waals surface area contributed by atoms with Gasteiger partial charge < -0.3 is 37.6 Å². The topological polar surface area (TPSA) is 214 Å². The lowest BCUT2D eigenvalue weighted by Crippen LogP contribution is -2.56. The Morgan fingerprint density at radius 2 is 1.49 bits per heavy atom. The largest absolute Gasteiger partial charge is 0.481 e. The van der Waals surface area contributed by atoms with E-state index in [1.807, 2.05) is 6.07 Å². The maximum atomic E-state index is 12.7. The van der Waals surface area contributed by atoms with Crippen LogP contribution in [0.4, 0.5) is 0 Å². The van der Waals surface area contributed by atoms with Crippen molar-refractivity contribution in [1.29, 1.82) is 0 Å². The Hall–Kier alpha value is -3.51. The Labute approximate surface area is 203 Å². The molecule has 9 N–H and O–H groups in total. The van der Waals surface area contributed by atoms with Crippen LogP contribution in [0.1, 0.15) is 44.6 Å². The minimum atomic E-state index is -1.25. The van der Waals surface area contributed by atoms with Gasteiger partial charge in [0.05, 0.1) is 6.04 Å². The summed E-state index contributed by atoms with van der Waals surface area (Å²) in [4.78, 5) is 60.1. The molecule has 0 bridgehead atoms. The van der Waals surface area contributed by atoms with Crippen LogP contribution >= 0.6 is 0 Å². The quantitative estimate of drug-likeness (QED) is 0.142. The van der Waals surface area contributed by atoms with Crippen molar-refractivity contribution in [2.45, 2.75) is 69.6 Å². The van der Waals surface area contributed by atoms with Crippen LogP contribution in [-0.4, -0.2) is 70.6 Å². The van der Waals surface area contributed by atoms with Gasteiger partial charge in [-0.3, -0.25) is 19.2 Å². The third-order valence-electron chi connectivity index (χ3n) is 5.23. The van der Waals surface area contributed by atoms with Gasteiger partial charge in [0, 0.05) is 6.42 Å². The Morgan fingerprint density at radius 1 is 0.857 bits per heavy atom. The predicted octanol–water partition coefficient (Wildman–Crippen LogP) is -0.891. The van der Waals surface area contributed by atoms with Gasteiger partial charge in [-0.05, 0) is 51.1 Å². The summed E-state index contributed by atoms with van der Waals surface area (Å²) in [5, 5.41) is 25.5. The van der Waals surface area contributed by atoms with E-state index in [9.17, 15) is 29.1 Å². The summed E-state index contributed by atoms with van der Waals surface area (Å²) < 4.78 is 0. The molecule has 35 heavy (non-hydrogen) atoms. The van der Waals surface area contributed by atoms with Crippen molar-refractivity contribution in [3.63, 3.8) is 0 Å². The number of carboxylic acid groups (broad SMARTS) is 2. The van der Waals surface area contributed by atoms with Crippen LogP contribution in [0.25, 0.3) is 0 Å². The van der Waals surface area contributed by atoms with Gasteiger partial charge in [-0.25, -0.2) is 4.79 Å². The highest BCUT2D eigenvalue weighted by Crippen LogP contribution is 2.05. The number of hydrogen-bond donors (Lipinski definition) is 7. The molecule has 194 valence electrons. The van der Waals surface area contributed by atoms with Crippen molar-refractivity contribution in [2.75, 3.05) is 6.54 Å². The lowest BCUT2D eigenvalue weighted by atomic mass is 10.0. The van der Waals surface area contributed by atoms with Gasteiger partial charge in [-0.1, -0.05) is 30.3 Å². The second-order valence-electron chi connectivity index (χ2n) is 8.20. The summed E-state index contributed by atoms with van der Waals surface area (Å²) in [5.74, 6) is -4.56. The fraction of sp³-hybridized carbons (Fsp3) is 0.522. The standard InChI is InChI=1S/C23H35N5O7/c1-14(20(31)28-18(23(34)35)9-5-6-12-24)26-22(33)17(10-11-19(29)30)27-21(32)16(25)13-15-7-3-2-4-8-15/h2-4,7-8,14,16-18H,5-6,9-13,24-25H2,1H3,(H,26,33)(H,27,32)(H,28,31)(H,29,30)(H,34,35). The molecule has 0 aliphatic heterocycles. The van der Waals surface area contributed by atoms with E-state index in [1.54, 1.807) is 24.3 Å². The third kappa shape index (κ3) is 11.5. The second-order valence-corrected chi connectivity index (χ2v) is 8.20. The molecule has 4 atom stereocenters. The molecule has 0 heterocycles. The molecule has 0 aromatic heterocycles. The number of nitrogens with two attached hydrogens (primary N) is 2. The van der Waals surface area contributed by atoms with Crippen molar-refractivity contribution in [2.24, 2.45) is 11.5 Å². The Morgan fingerprint density at radius 3 is 2.06 bits per heavy atom. The minimum absolute atomic E-state index is 0.176.